The molecule has 1 aromatic rings. The first-order chi connectivity index (χ1) is 14.5. The molecule has 1 N–H and O–H groups in total. The van der Waals surface area contributed by atoms with Gasteiger partial charge in [-0.15, -0.1) is 0 Å². The number of rotatable bonds is 8. The summed E-state index contributed by atoms with van der Waals surface area (Å²) in [6.45, 7) is 6.38. The monoisotopic (exact) mass is 419 g/mol. The van der Waals surface area contributed by atoms with Crippen LogP contribution in [0.2, 0.25) is 0 Å². The van der Waals surface area contributed by atoms with Crippen LogP contribution in [0.25, 0.3) is 10.4 Å². The Bertz CT molecular complexity index is 822. The topological polar surface area (TPSA) is 114 Å². The van der Waals surface area contributed by atoms with Crippen LogP contribution in [-0.2, 0) is 9.53 Å². The van der Waals surface area contributed by atoms with Crippen molar-refractivity contribution < 1.29 is 18.7 Å². The van der Waals surface area contributed by atoms with Crippen molar-refractivity contribution in [3.63, 3.8) is 0 Å². The highest BCUT2D eigenvalue weighted by atomic mass is 19.1. The molecule has 0 radical (unpaired) electrons. The predicted molar refractivity (Wildman–Crippen MR) is 110 cm³/mol. The van der Waals surface area contributed by atoms with Crippen molar-refractivity contribution in [2.75, 3.05) is 62.2 Å². The van der Waals surface area contributed by atoms with E-state index in [1.807, 2.05) is 4.90 Å². The number of amides is 2. The fourth-order valence-electron chi connectivity index (χ4n) is 3.65. The van der Waals surface area contributed by atoms with Crippen molar-refractivity contribution in [1.29, 1.82) is 0 Å². The summed E-state index contributed by atoms with van der Waals surface area (Å²) < 4.78 is 19.9. The van der Waals surface area contributed by atoms with E-state index in [2.05, 4.69) is 20.2 Å². The van der Waals surface area contributed by atoms with Crippen LogP contribution < -0.4 is 15.1 Å². The van der Waals surface area contributed by atoms with Gasteiger partial charge in [-0.25, -0.2) is 9.18 Å². The number of hydrogen-bond donors (Lipinski definition) is 1. The van der Waals surface area contributed by atoms with Gasteiger partial charge in [-0.2, -0.15) is 0 Å². The van der Waals surface area contributed by atoms with E-state index in [0.717, 1.165) is 26.1 Å². The number of cyclic esters (lactones) is 1. The van der Waals surface area contributed by atoms with Crippen molar-refractivity contribution >= 4 is 23.4 Å². The zero-order chi connectivity index (χ0) is 21.5. The molecule has 0 aromatic heterocycles. The van der Waals surface area contributed by atoms with Crippen molar-refractivity contribution in [3.05, 3.63) is 34.5 Å². The predicted octanol–water partition coefficient (Wildman–Crippen LogP) is 2.11. The Labute approximate surface area is 174 Å². The molecule has 30 heavy (non-hydrogen) atoms. The van der Waals surface area contributed by atoms with E-state index in [1.54, 1.807) is 12.1 Å². The van der Waals surface area contributed by atoms with Crippen molar-refractivity contribution in [3.8, 4) is 0 Å². The van der Waals surface area contributed by atoms with Crippen molar-refractivity contribution in [2.45, 2.75) is 19.4 Å². The maximum Gasteiger partial charge on any atom is 0.414 e. The Morgan fingerprint density at radius 1 is 1.37 bits per heavy atom. The lowest BCUT2D eigenvalue weighted by Crippen LogP contribution is -2.47. The molecule has 2 amide bonds. The van der Waals surface area contributed by atoms with Crippen LogP contribution >= 0.6 is 0 Å². The Balaban J connectivity index is 1.53. The van der Waals surface area contributed by atoms with Gasteiger partial charge in [-0.3, -0.25) is 14.6 Å². The lowest BCUT2D eigenvalue weighted by molar-refractivity contribution is -0.118. The second-order valence-corrected chi connectivity index (χ2v) is 7.33. The molecule has 2 saturated heterocycles. The Kier molecular flexibility index (Phi) is 7.31. The molecule has 11 heteroatoms. The van der Waals surface area contributed by atoms with Crippen LogP contribution in [0.5, 0.6) is 0 Å². The number of nitrogens with one attached hydrogen (secondary N) is 1. The third kappa shape index (κ3) is 5.52. The van der Waals surface area contributed by atoms with E-state index in [0.29, 0.717) is 31.0 Å². The third-order valence-electron chi connectivity index (χ3n) is 5.20. The number of carbonyl (C=O) groups is 2. The fourth-order valence-corrected chi connectivity index (χ4v) is 3.65. The smallest absolute Gasteiger partial charge is 0.414 e. The lowest BCUT2D eigenvalue weighted by atomic mass is 10.2. The van der Waals surface area contributed by atoms with Gasteiger partial charge in [0.2, 0.25) is 5.91 Å². The molecule has 0 unspecified atom stereocenters. The van der Waals surface area contributed by atoms with Crippen LogP contribution in [0.15, 0.2) is 23.3 Å². The number of piperazine rings is 1. The summed E-state index contributed by atoms with van der Waals surface area (Å²) in [6, 6.07) is 4.73. The minimum Gasteiger partial charge on any atom is -0.444 e. The molecule has 0 saturated carbocycles. The standard InChI is InChI=1S/C19H26FN7O3/c1-14(28)22-5-2-6-25-7-9-26(10-8-25)18-4-3-15(11-17(18)20)27-13-16(12-23-24-21)30-19(27)29/h3-4,11,16H,2,5-10,12-13H2,1H3,(H,22,28)/t16-/m0/s1. The van der Waals surface area contributed by atoms with Crippen molar-refractivity contribution in [1.82, 2.24) is 10.2 Å². The average molecular weight is 419 g/mol. The number of halogens is 1. The van der Waals surface area contributed by atoms with Gasteiger partial charge in [0.05, 0.1) is 24.5 Å². The van der Waals surface area contributed by atoms with Gasteiger partial charge >= 0.3 is 6.09 Å². The van der Waals surface area contributed by atoms with Gasteiger partial charge in [0.25, 0.3) is 0 Å². The molecule has 2 fully saturated rings. The van der Waals surface area contributed by atoms with Gasteiger partial charge in [0.15, 0.2) is 0 Å². The number of hydrogen-bond acceptors (Lipinski definition) is 6. The van der Waals surface area contributed by atoms with Gasteiger partial charge in [-0.05, 0) is 36.7 Å². The van der Waals surface area contributed by atoms with E-state index in [-0.39, 0.29) is 19.0 Å². The summed E-state index contributed by atoms with van der Waals surface area (Å²) in [5.74, 6) is -0.412. The van der Waals surface area contributed by atoms with Gasteiger partial charge in [0.1, 0.15) is 11.9 Å². The number of nitrogens with zero attached hydrogens (tertiary/aromatic N) is 6. The first-order valence-corrected chi connectivity index (χ1v) is 9.98. The van der Waals surface area contributed by atoms with E-state index in [4.69, 9.17) is 10.3 Å². The number of benzene rings is 1. The zero-order valence-electron chi connectivity index (χ0n) is 17.0. The SMILES string of the molecule is CC(=O)NCCCN1CCN(c2ccc(N3C[C@H](CN=[N+]=[N-])OC3=O)cc2F)CC1. The molecular weight excluding hydrogens is 393 g/mol. The highest BCUT2D eigenvalue weighted by Crippen LogP contribution is 2.28. The molecule has 0 aliphatic carbocycles. The summed E-state index contributed by atoms with van der Waals surface area (Å²) in [6.07, 6.45) is -0.224. The molecule has 2 heterocycles. The van der Waals surface area contributed by atoms with E-state index in [9.17, 15) is 14.0 Å². The number of azide groups is 1. The van der Waals surface area contributed by atoms with Crippen LogP contribution in [0, 0.1) is 5.82 Å². The Morgan fingerprint density at radius 3 is 2.80 bits per heavy atom. The van der Waals surface area contributed by atoms with E-state index < -0.39 is 18.0 Å². The highest BCUT2D eigenvalue weighted by Gasteiger charge is 2.32. The van der Waals surface area contributed by atoms with Crippen LogP contribution in [0.3, 0.4) is 0 Å². The molecule has 0 bridgehead atoms. The zero-order valence-corrected chi connectivity index (χ0v) is 17.0. The third-order valence-corrected chi connectivity index (χ3v) is 5.20. The molecule has 1 atom stereocenters. The molecule has 2 aliphatic heterocycles. The summed E-state index contributed by atoms with van der Waals surface area (Å²) in [5, 5.41) is 6.21. The quantitative estimate of drug-likeness (QED) is 0.300. The van der Waals surface area contributed by atoms with Gasteiger partial charge in [0, 0.05) is 44.6 Å². The first kappa shape index (κ1) is 21.7. The number of anilines is 2. The maximum atomic E-state index is 14.8. The Hall–Kier alpha value is -3.04. The summed E-state index contributed by atoms with van der Waals surface area (Å²) in [5.41, 5.74) is 9.32. The maximum absolute atomic E-state index is 14.8. The van der Waals surface area contributed by atoms with Crippen LogP contribution in [0.4, 0.5) is 20.6 Å². The summed E-state index contributed by atoms with van der Waals surface area (Å²) in [4.78, 5) is 31.2. The molecule has 162 valence electrons. The van der Waals surface area contributed by atoms with Crippen LogP contribution in [0.1, 0.15) is 13.3 Å². The van der Waals surface area contributed by atoms with Crippen molar-refractivity contribution in [2.24, 2.45) is 5.11 Å². The minimum absolute atomic E-state index is 0.0212. The molecule has 2 aliphatic rings. The average Bonchev–Trinajstić information content (AvgIpc) is 3.10. The summed E-state index contributed by atoms with van der Waals surface area (Å²) in [7, 11) is 0. The second-order valence-electron chi connectivity index (χ2n) is 7.33. The second kappa shape index (κ2) is 10.1. The minimum atomic E-state index is -0.576. The molecule has 1 aromatic carbocycles. The van der Waals surface area contributed by atoms with Gasteiger partial charge in [-0.1, -0.05) is 5.11 Å². The van der Waals surface area contributed by atoms with Crippen LogP contribution in [-0.4, -0.2) is 75.4 Å². The normalized spacial score (nSPS) is 19.4. The lowest BCUT2D eigenvalue weighted by Gasteiger charge is -2.36. The van der Waals surface area contributed by atoms with Gasteiger partial charge < -0.3 is 15.0 Å². The molecule has 0 spiro atoms. The van der Waals surface area contributed by atoms with E-state index >= 15 is 0 Å². The first-order valence-electron chi connectivity index (χ1n) is 9.98. The number of ether oxygens (including phenoxy) is 1. The fraction of sp³-hybridized carbons (Fsp3) is 0.579. The van der Waals surface area contributed by atoms with E-state index in [1.165, 1.54) is 17.9 Å². The Morgan fingerprint density at radius 2 is 2.13 bits per heavy atom. The molecular formula is C19H26FN7O3. The highest BCUT2D eigenvalue weighted by molar-refractivity contribution is 5.90. The number of carbonyl (C=O) groups excluding carboxylic acids is 2. The molecule has 10 nitrogen and oxygen atoms in total. The summed E-state index contributed by atoms with van der Waals surface area (Å²) >= 11 is 0. The molecule has 3 rings (SSSR count). The largest absolute Gasteiger partial charge is 0.444 e.